The Labute approximate surface area is 107 Å². The summed E-state index contributed by atoms with van der Waals surface area (Å²) in [5.74, 6) is -0.131. The average molecular weight is 246 g/mol. The SMILES string of the molecule is CCCN(CC#N)C(=O)c1cc(C)nnc1CC. The molecule has 0 aromatic carbocycles. The maximum Gasteiger partial charge on any atom is 0.256 e. The predicted molar refractivity (Wildman–Crippen MR) is 68.0 cm³/mol. The molecular formula is C13H18N4O. The molecule has 18 heavy (non-hydrogen) atoms. The third-order valence-corrected chi connectivity index (χ3v) is 2.60. The first-order valence-corrected chi connectivity index (χ1v) is 6.13. The van der Waals surface area contributed by atoms with Gasteiger partial charge in [-0.05, 0) is 25.8 Å². The lowest BCUT2D eigenvalue weighted by atomic mass is 10.1. The number of rotatable bonds is 5. The molecule has 0 radical (unpaired) electrons. The highest BCUT2D eigenvalue weighted by molar-refractivity contribution is 5.95. The van der Waals surface area contributed by atoms with Gasteiger partial charge in [-0.25, -0.2) is 0 Å². The lowest BCUT2D eigenvalue weighted by Crippen LogP contribution is -2.33. The van der Waals surface area contributed by atoms with Gasteiger partial charge in [-0.3, -0.25) is 4.79 Å². The van der Waals surface area contributed by atoms with Crippen molar-refractivity contribution in [3.05, 3.63) is 23.0 Å². The smallest absolute Gasteiger partial charge is 0.256 e. The summed E-state index contributed by atoms with van der Waals surface area (Å²) in [5, 5.41) is 16.8. The van der Waals surface area contributed by atoms with E-state index in [-0.39, 0.29) is 12.5 Å². The van der Waals surface area contributed by atoms with Crippen LogP contribution in [-0.2, 0) is 6.42 Å². The summed E-state index contributed by atoms with van der Waals surface area (Å²) in [6, 6.07) is 3.77. The molecule has 1 aromatic heterocycles. The van der Waals surface area contributed by atoms with E-state index in [1.54, 1.807) is 17.9 Å². The Morgan fingerprint density at radius 2 is 2.17 bits per heavy atom. The van der Waals surface area contributed by atoms with Crippen molar-refractivity contribution in [3.63, 3.8) is 0 Å². The number of nitrogens with zero attached hydrogens (tertiary/aromatic N) is 4. The Hall–Kier alpha value is -1.96. The highest BCUT2D eigenvalue weighted by atomic mass is 16.2. The van der Waals surface area contributed by atoms with Crippen LogP contribution >= 0.6 is 0 Å². The minimum absolute atomic E-state index is 0.108. The van der Waals surface area contributed by atoms with Crippen LogP contribution in [0.1, 0.15) is 42.0 Å². The van der Waals surface area contributed by atoms with Gasteiger partial charge in [-0.2, -0.15) is 15.5 Å². The van der Waals surface area contributed by atoms with Gasteiger partial charge in [0.15, 0.2) is 0 Å². The molecule has 1 amide bonds. The topological polar surface area (TPSA) is 69.9 Å². The van der Waals surface area contributed by atoms with Crippen molar-refractivity contribution >= 4 is 5.91 Å². The molecule has 0 atom stereocenters. The van der Waals surface area contributed by atoms with Crippen LogP contribution < -0.4 is 0 Å². The van der Waals surface area contributed by atoms with Crippen LogP contribution in [0.5, 0.6) is 0 Å². The molecule has 0 unspecified atom stereocenters. The van der Waals surface area contributed by atoms with Gasteiger partial charge < -0.3 is 4.90 Å². The number of carbonyl (C=O) groups excluding carboxylic acids is 1. The Morgan fingerprint density at radius 1 is 1.44 bits per heavy atom. The first kappa shape index (κ1) is 14.1. The Balaban J connectivity index is 3.07. The molecule has 0 aliphatic rings. The van der Waals surface area contributed by atoms with Gasteiger partial charge >= 0.3 is 0 Å². The van der Waals surface area contributed by atoms with E-state index < -0.39 is 0 Å². The molecule has 0 aliphatic heterocycles. The van der Waals surface area contributed by atoms with Crippen LogP contribution in [0.3, 0.4) is 0 Å². The zero-order valence-electron chi connectivity index (χ0n) is 11.1. The van der Waals surface area contributed by atoms with Gasteiger partial charge in [0, 0.05) is 6.54 Å². The molecular weight excluding hydrogens is 228 g/mol. The molecule has 0 fully saturated rings. The van der Waals surface area contributed by atoms with Gasteiger partial charge in [-0.15, -0.1) is 0 Å². The van der Waals surface area contributed by atoms with Crippen molar-refractivity contribution in [3.8, 4) is 6.07 Å². The molecule has 0 N–H and O–H groups in total. The quantitative estimate of drug-likeness (QED) is 0.742. The number of hydrogen-bond acceptors (Lipinski definition) is 4. The molecule has 1 rings (SSSR count). The van der Waals surface area contributed by atoms with Crippen molar-refractivity contribution < 1.29 is 4.79 Å². The fourth-order valence-electron chi connectivity index (χ4n) is 1.74. The van der Waals surface area contributed by atoms with Gasteiger partial charge in [-0.1, -0.05) is 13.8 Å². The molecule has 1 heterocycles. The zero-order chi connectivity index (χ0) is 13.5. The maximum absolute atomic E-state index is 12.4. The molecule has 0 saturated carbocycles. The van der Waals surface area contributed by atoms with Crippen LogP contribution in [0, 0.1) is 18.3 Å². The van der Waals surface area contributed by atoms with E-state index in [0.717, 1.165) is 6.42 Å². The highest BCUT2D eigenvalue weighted by Gasteiger charge is 2.19. The third kappa shape index (κ3) is 3.27. The summed E-state index contributed by atoms with van der Waals surface area (Å²) in [5.41, 5.74) is 1.96. The minimum Gasteiger partial charge on any atom is -0.325 e. The van der Waals surface area contributed by atoms with Crippen molar-refractivity contribution in [2.45, 2.75) is 33.6 Å². The lowest BCUT2D eigenvalue weighted by molar-refractivity contribution is 0.0774. The average Bonchev–Trinajstić information content (AvgIpc) is 2.37. The second-order valence-corrected chi connectivity index (χ2v) is 4.08. The highest BCUT2D eigenvalue weighted by Crippen LogP contribution is 2.11. The first-order valence-electron chi connectivity index (χ1n) is 6.13. The summed E-state index contributed by atoms with van der Waals surface area (Å²) in [7, 11) is 0. The number of aryl methyl sites for hydroxylation is 2. The van der Waals surface area contributed by atoms with Crippen molar-refractivity contribution in [1.82, 2.24) is 15.1 Å². The molecule has 5 nitrogen and oxygen atoms in total. The number of aromatic nitrogens is 2. The van der Waals surface area contributed by atoms with E-state index >= 15 is 0 Å². The molecule has 96 valence electrons. The zero-order valence-corrected chi connectivity index (χ0v) is 11.1. The van der Waals surface area contributed by atoms with Crippen molar-refractivity contribution in [2.24, 2.45) is 0 Å². The van der Waals surface area contributed by atoms with E-state index in [9.17, 15) is 4.79 Å². The molecule has 0 bridgehead atoms. The van der Waals surface area contributed by atoms with Crippen LogP contribution in [0.4, 0.5) is 0 Å². The third-order valence-electron chi connectivity index (χ3n) is 2.60. The largest absolute Gasteiger partial charge is 0.325 e. The predicted octanol–water partition coefficient (Wildman–Crippen LogP) is 1.72. The Morgan fingerprint density at radius 3 is 2.72 bits per heavy atom. The fraction of sp³-hybridized carbons (Fsp3) is 0.538. The first-order chi connectivity index (χ1) is 8.63. The summed E-state index contributed by atoms with van der Waals surface area (Å²) in [6.07, 6.45) is 1.48. The van der Waals surface area contributed by atoms with Crippen molar-refractivity contribution in [1.29, 1.82) is 5.26 Å². The normalized spacial score (nSPS) is 9.89. The van der Waals surface area contributed by atoms with Gasteiger partial charge in [0.25, 0.3) is 5.91 Å². The van der Waals surface area contributed by atoms with Gasteiger partial charge in [0.2, 0.25) is 0 Å². The van der Waals surface area contributed by atoms with Crippen LogP contribution in [0.2, 0.25) is 0 Å². The van der Waals surface area contributed by atoms with E-state index in [0.29, 0.717) is 29.9 Å². The standard InChI is InChI=1S/C13H18N4O/c1-4-7-17(8-6-14)13(18)11-9-10(3)15-16-12(11)5-2/h9H,4-5,7-8H2,1-3H3. The molecule has 0 spiro atoms. The van der Waals surface area contributed by atoms with Crippen LogP contribution in [0.25, 0.3) is 0 Å². The fourth-order valence-corrected chi connectivity index (χ4v) is 1.74. The van der Waals surface area contributed by atoms with E-state index in [1.807, 2.05) is 19.9 Å². The molecule has 0 aliphatic carbocycles. The summed E-state index contributed by atoms with van der Waals surface area (Å²) in [6.45, 7) is 6.41. The summed E-state index contributed by atoms with van der Waals surface area (Å²) >= 11 is 0. The number of carbonyl (C=O) groups is 1. The number of nitriles is 1. The second kappa shape index (κ2) is 6.70. The Kier molecular flexibility index (Phi) is 5.25. The maximum atomic E-state index is 12.4. The lowest BCUT2D eigenvalue weighted by Gasteiger charge is -2.19. The van der Waals surface area contributed by atoms with Crippen LogP contribution in [0.15, 0.2) is 6.07 Å². The summed E-state index contributed by atoms with van der Waals surface area (Å²) in [4.78, 5) is 13.9. The van der Waals surface area contributed by atoms with Crippen molar-refractivity contribution in [2.75, 3.05) is 13.1 Å². The molecule has 0 saturated heterocycles. The van der Waals surface area contributed by atoms with Crippen LogP contribution in [-0.4, -0.2) is 34.1 Å². The van der Waals surface area contributed by atoms with E-state index in [2.05, 4.69) is 10.2 Å². The van der Waals surface area contributed by atoms with Gasteiger partial charge in [0.1, 0.15) is 6.54 Å². The molecule has 5 heteroatoms. The Bertz CT molecular complexity index is 465. The summed E-state index contributed by atoms with van der Waals surface area (Å²) < 4.78 is 0. The minimum atomic E-state index is -0.131. The van der Waals surface area contributed by atoms with E-state index in [4.69, 9.17) is 5.26 Å². The van der Waals surface area contributed by atoms with Gasteiger partial charge in [0.05, 0.1) is 23.0 Å². The molecule has 1 aromatic rings. The number of amides is 1. The number of hydrogen-bond donors (Lipinski definition) is 0. The van der Waals surface area contributed by atoms with E-state index in [1.165, 1.54) is 0 Å². The monoisotopic (exact) mass is 246 g/mol. The second-order valence-electron chi connectivity index (χ2n) is 4.08.